The molecule has 1 atom stereocenters. The molecule has 0 bridgehead atoms. The molecule has 76 valence electrons. The third kappa shape index (κ3) is 1.77. The Morgan fingerprint density at radius 3 is 3.00 bits per heavy atom. The zero-order valence-electron chi connectivity index (χ0n) is 8.63. The normalized spacial score (nSPS) is 22.9. The van der Waals surface area contributed by atoms with Crippen LogP contribution in [0.15, 0.2) is 12.3 Å². The molecule has 1 aromatic rings. The summed E-state index contributed by atoms with van der Waals surface area (Å²) in [6.07, 6.45) is 4.27. The quantitative estimate of drug-likeness (QED) is 0.663. The van der Waals surface area contributed by atoms with E-state index in [-0.39, 0.29) is 0 Å². The topological polar surface area (TPSA) is 16.1 Å². The average molecular weight is 211 g/mol. The van der Waals surface area contributed by atoms with E-state index in [1.807, 2.05) is 6.20 Å². The van der Waals surface area contributed by atoms with Crippen LogP contribution in [0.3, 0.4) is 0 Å². The number of nitrogens with zero attached hydrogens (tertiary/aromatic N) is 2. The number of hydrogen-bond donors (Lipinski definition) is 0. The van der Waals surface area contributed by atoms with Gasteiger partial charge in [0, 0.05) is 17.8 Å². The molecule has 2 nitrogen and oxygen atoms in total. The molecule has 0 spiro atoms. The first-order chi connectivity index (χ1) is 6.68. The smallest absolute Gasteiger partial charge is 0.133 e. The molecule has 0 aliphatic carbocycles. The SMILES string of the molecule is Cc1cnc(Cl)c([C@H]2CCCN2C)c1. The molecule has 1 fully saturated rings. The first kappa shape index (κ1) is 9.94. The van der Waals surface area contributed by atoms with Crippen LogP contribution in [0.25, 0.3) is 0 Å². The molecular formula is C11H15ClN2. The lowest BCUT2D eigenvalue weighted by molar-refractivity contribution is 0.317. The molecule has 0 N–H and O–H groups in total. The first-order valence-electron chi connectivity index (χ1n) is 5.01. The maximum atomic E-state index is 6.10. The van der Waals surface area contributed by atoms with Gasteiger partial charge < -0.3 is 0 Å². The zero-order valence-corrected chi connectivity index (χ0v) is 9.38. The van der Waals surface area contributed by atoms with Gasteiger partial charge in [0.2, 0.25) is 0 Å². The fourth-order valence-electron chi connectivity index (χ4n) is 2.11. The van der Waals surface area contributed by atoms with Crippen LogP contribution in [0.2, 0.25) is 5.15 Å². The number of rotatable bonds is 1. The van der Waals surface area contributed by atoms with Crippen LogP contribution in [-0.2, 0) is 0 Å². The molecule has 3 heteroatoms. The Bertz CT molecular complexity index is 338. The monoisotopic (exact) mass is 210 g/mol. The number of pyridine rings is 1. The van der Waals surface area contributed by atoms with Gasteiger partial charge in [-0.15, -0.1) is 0 Å². The Morgan fingerprint density at radius 2 is 2.36 bits per heavy atom. The second-order valence-electron chi connectivity index (χ2n) is 4.03. The van der Waals surface area contributed by atoms with Crippen molar-refractivity contribution in [1.29, 1.82) is 0 Å². The first-order valence-corrected chi connectivity index (χ1v) is 5.38. The fourth-order valence-corrected chi connectivity index (χ4v) is 2.34. The fraction of sp³-hybridized carbons (Fsp3) is 0.545. The Balaban J connectivity index is 2.34. The minimum Gasteiger partial charge on any atom is -0.299 e. The van der Waals surface area contributed by atoms with Gasteiger partial charge in [0.1, 0.15) is 5.15 Å². The van der Waals surface area contributed by atoms with Crippen molar-refractivity contribution in [3.63, 3.8) is 0 Å². The van der Waals surface area contributed by atoms with Crippen molar-refractivity contribution >= 4 is 11.6 Å². The lowest BCUT2D eigenvalue weighted by Crippen LogP contribution is -2.18. The summed E-state index contributed by atoms with van der Waals surface area (Å²) in [5.41, 5.74) is 2.37. The number of halogens is 1. The van der Waals surface area contributed by atoms with Gasteiger partial charge in [0.05, 0.1) is 0 Å². The van der Waals surface area contributed by atoms with Crippen molar-refractivity contribution in [3.8, 4) is 0 Å². The molecule has 1 aromatic heterocycles. The van der Waals surface area contributed by atoms with Crippen LogP contribution in [0.1, 0.15) is 30.0 Å². The maximum absolute atomic E-state index is 6.10. The maximum Gasteiger partial charge on any atom is 0.133 e. The van der Waals surface area contributed by atoms with E-state index >= 15 is 0 Å². The number of aromatic nitrogens is 1. The van der Waals surface area contributed by atoms with E-state index in [4.69, 9.17) is 11.6 Å². The van der Waals surface area contributed by atoms with Crippen LogP contribution in [-0.4, -0.2) is 23.5 Å². The van der Waals surface area contributed by atoms with Crippen molar-refractivity contribution in [3.05, 3.63) is 28.5 Å². The number of hydrogen-bond acceptors (Lipinski definition) is 2. The van der Waals surface area contributed by atoms with Gasteiger partial charge in [-0.25, -0.2) is 4.98 Å². The van der Waals surface area contributed by atoms with E-state index < -0.39 is 0 Å². The predicted octanol–water partition coefficient (Wildman–Crippen LogP) is 2.81. The standard InChI is InChI=1S/C11H15ClN2/c1-8-6-9(11(12)13-7-8)10-4-3-5-14(10)2/h6-7,10H,3-5H2,1-2H3/t10-/m1/s1. The minimum atomic E-state index is 0.467. The molecule has 2 heterocycles. The Labute approximate surface area is 89.9 Å². The molecular weight excluding hydrogens is 196 g/mol. The van der Waals surface area contributed by atoms with Crippen molar-refractivity contribution in [1.82, 2.24) is 9.88 Å². The largest absolute Gasteiger partial charge is 0.299 e. The van der Waals surface area contributed by atoms with Crippen LogP contribution in [0.4, 0.5) is 0 Å². The summed E-state index contributed by atoms with van der Waals surface area (Å²) in [6, 6.07) is 2.62. The number of likely N-dealkylation sites (tertiary alicyclic amines) is 1. The second kappa shape index (κ2) is 3.87. The Morgan fingerprint density at radius 1 is 1.57 bits per heavy atom. The van der Waals surface area contributed by atoms with E-state index in [9.17, 15) is 0 Å². The summed E-state index contributed by atoms with van der Waals surface area (Å²) in [4.78, 5) is 6.55. The molecule has 2 rings (SSSR count). The highest BCUT2D eigenvalue weighted by Crippen LogP contribution is 2.33. The zero-order chi connectivity index (χ0) is 10.1. The molecule has 0 radical (unpaired) electrons. The highest BCUT2D eigenvalue weighted by Gasteiger charge is 2.24. The third-order valence-electron chi connectivity index (χ3n) is 2.88. The lowest BCUT2D eigenvalue weighted by atomic mass is 10.1. The minimum absolute atomic E-state index is 0.467. The van der Waals surface area contributed by atoms with Gasteiger partial charge in [-0.05, 0) is 45.0 Å². The summed E-state index contributed by atoms with van der Waals surface area (Å²) < 4.78 is 0. The highest BCUT2D eigenvalue weighted by atomic mass is 35.5. The van der Waals surface area contributed by atoms with Gasteiger partial charge >= 0.3 is 0 Å². The summed E-state index contributed by atoms with van der Waals surface area (Å²) in [6.45, 7) is 3.22. The average Bonchev–Trinajstić information content (AvgIpc) is 2.56. The van der Waals surface area contributed by atoms with E-state index in [0.29, 0.717) is 11.2 Å². The molecule has 14 heavy (non-hydrogen) atoms. The molecule has 0 aromatic carbocycles. The van der Waals surface area contributed by atoms with Crippen LogP contribution >= 0.6 is 11.6 Å². The summed E-state index contributed by atoms with van der Waals surface area (Å²) in [5, 5.41) is 0.661. The van der Waals surface area contributed by atoms with Crippen LogP contribution < -0.4 is 0 Å². The van der Waals surface area contributed by atoms with E-state index in [1.165, 1.54) is 24.0 Å². The number of aryl methyl sites for hydroxylation is 1. The molecule has 1 aliphatic rings. The van der Waals surface area contributed by atoms with Crippen molar-refractivity contribution < 1.29 is 0 Å². The molecule has 0 saturated carbocycles. The van der Waals surface area contributed by atoms with Gasteiger partial charge in [-0.1, -0.05) is 11.6 Å². The van der Waals surface area contributed by atoms with Gasteiger partial charge in [0.25, 0.3) is 0 Å². The molecule has 1 saturated heterocycles. The molecule has 0 amide bonds. The Hall–Kier alpha value is -0.600. The molecule has 0 unspecified atom stereocenters. The molecule has 1 aliphatic heterocycles. The predicted molar refractivity (Wildman–Crippen MR) is 58.6 cm³/mol. The van der Waals surface area contributed by atoms with Gasteiger partial charge in [-0.3, -0.25) is 4.90 Å². The van der Waals surface area contributed by atoms with E-state index in [1.54, 1.807) is 0 Å². The van der Waals surface area contributed by atoms with Gasteiger partial charge in [-0.2, -0.15) is 0 Å². The van der Waals surface area contributed by atoms with Crippen molar-refractivity contribution in [2.45, 2.75) is 25.8 Å². The summed E-state index contributed by atoms with van der Waals surface area (Å²) in [7, 11) is 2.15. The summed E-state index contributed by atoms with van der Waals surface area (Å²) in [5.74, 6) is 0. The Kier molecular flexibility index (Phi) is 2.75. The third-order valence-corrected chi connectivity index (χ3v) is 3.20. The van der Waals surface area contributed by atoms with Crippen molar-refractivity contribution in [2.75, 3.05) is 13.6 Å². The van der Waals surface area contributed by atoms with E-state index in [0.717, 1.165) is 6.54 Å². The van der Waals surface area contributed by atoms with E-state index in [2.05, 4.69) is 29.9 Å². The lowest BCUT2D eigenvalue weighted by Gasteiger charge is -2.20. The van der Waals surface area contributed by atoms with Crippen LogP contribution in [0.5, 0.6) is 0 Å². The van der Waals surface area contributed by atoms with Crippen LogP contribution in [0, 0.1) is 6.92 Å². The summed E-state index contributed by atoms with van der Waals surface area (Å²) >= 11 is 6.10. The van der Waals surface area contributed by atoms with Crippen molar-refractivity contribution in [2.24, 2.45) is 0 Å². The van der Waals surface area contributed by atoms with Gasteiger partial charge in [0.15, 0.2) is 0 Å². The highest BCUT2D eigenvalue weighted by molar-refractivity contribution is 6.30. The second-order valence-corrected chi connectivity index (χ2v) is 4.39.